The number of carbonyl (C=O) groups excluding carboxylic acids is 4. The van der Waals surface area contributed by atoms with Crippen LogP contribution in [0.2, 0.25) is 0 Å². The molecule has 2 fully saturated rings. The van der Waals surface area contributed by atoms with Crippen molar-refractivity contribution in [2.75, 3.05) is 41.5 Å². The molecule has 0 N–H and O–H groups in total. The Balaban J connectivity index is 1.41. The number of nitrogens with zero attached hydrogens (tertiary/aromatic N) is 4. The highest BCUT2D eigenvalue weighted by atomic mass is 16.7. The number of ether oxygens (including phenoxy) is 4. The average molecular weight is 525 g/mol. The molecule has 2 aliphatic carbocycles. The summed E-state index contributed by atoms with van der Waals surface area (Å²) in [5.74, 6) is -1.81. The lowest BCUT2D eigenvalue weighted by atomic mass is 9.84. The van der Waals surface area contributed by atoms with Gasteiger partial charge in [-0.15, -0.1) is 0 Å². The monoisotopic (exact) mass is 524 g/mol. The van der Waals surface area contributed by atoms with Crippen LogP contribution in [-0.2, 0) is 47.8 Å². The molecule has 0 radical (unpaired) electrons. The van der Waals surface area contributed by atoms with Crippen LogP contribution in [0.4, 0.5) is 0 Å². The van der Waals surface area contributed by atoms with E-state index < -0.39 is 48.2 Å². The number of amidine groups is 2. The number of methoxy groups -OCH3 is 3. The van der Waals surface area contributed by atoms with E-state index in [9.17, 15) is 19.2 Å². The molecule has 2 unspecified atom stereocenters. The van der Waals surface area contributed by atoms with Crippen molar-refractivity contribution in [3.63, 3.8) is 0 Å². The van der Waals surface area contributed by atoms with Gasteiger partial charge in [-0.1, -0.05) is 6.42 Å². The third kappa shape index (κ3) is 5.39. The molecule has 37 heavy (non-hydrogen) atoms. The molecule has 0 amide bonds. The van der Waals surface area contributed by atoms with Crippen LogP contribution in [0.25, 0.3) is 0 Å². The molecule has 204 valence electrons. The lowest BCUT2D eigenvalue weighted by Crippen LogP contribution is -2.45. The fraction of sp³-hybridized carbons (Fsp3) is 0.739. The molecule has 2 heterocycles. The first-order valence-corrected chi connectivity index (χ1v) is 12.1. The van der Waals surface area contributed by atoms with E-state index in [1.807, 2.05) is 0 Å². The van der Waals surface area contributed by atoms with Crippen LogP contribution in [0.3, 0.4) is 0 Å². The van der Waals surface area contributed by atoms with E-state index in [2.05, 4.69) is 9.98 Å². The van der Waals surface area contributed by atoms with Gasteiger partial charge in [0.2, 0.25) is 0 Å². The van der Waals surface area contributed by atoms with Crippen LogP contribution in [0.5, 0.6) is 0 Å². The van der Waals surface area contributed by atoms with Gasteiger partial charge in [-0.25, -0.2) is 39.4 Å². The molecule has 0 aromatic carbocycles. The van der Waals surface area contributed by atoms with Gasteiger partial charge in [0.05, 0.1) is 27.9 Å². The first kappa shape index (κ1) is 26.8. The van der Waals surface area contributed by atoms with Crippen molar-refractivity contribution in [1.29, 1.82) is 0 Å². The number of esters is 4. The minimum absolute atomic E-state index is 0.0174. The second-order valence-corrected chi connectivity index (χ2v) is 9.33. The summed E-state index contributed by atoms with van der Waals surface area (Å²) in [4.78, 5) is 70.1. The van der Waals surface area contributed by atoms with Crippen LogP contribution in [0.15, 0.2) is 9.98 Å². The van der Waals surface area contributed by atoms with E-state index >= 15 is 0 Å². The van der Waals surface area contributed by atoms with Crippen molar-refractivity contribution < 1.29 is 47.8 Å². The highest BCUT2D eigenvalue weighted by Crippen LogP contribution is 2.39. The maximum Gasteiger partial charge on any atom is 0.364 e. The van der Waals surface area contributed by atoms with Crippen molar-refractivity contribution in [2.45, 2.75) is 56.4 Å². The lowest BCUT2D eigenvalue weighted by Gasteiger charge is -2.30. The van der Waals surface area contributed by atoms with Crippen LogP contribution in [0, 0.1) is 11.8 Å². The van der Waals surface area contributed by atoms with E-state index in [0.717, 1.165) is 32.1 Å². The lowest BCUT2D eigenvalue weighted by molar-refractivity contribution is -0.215. The topological polar surface area (TPSA) is 155 Å². The van der Waals surface area contributed by atoms with E-state index in [-0.39, 0.29) is 25.0 Å². The first-order valence-electron chi connectivity index (χ1n) is 12.1. The summed E-state index contributed by atoms with van der Waals surface area (Å²) in [6, 6.07) is 0. The van der Waals surface area contributed by atoms with Crippen LogP contribution in [0.1, 0.15) is 44.9 Å². The summed E-state index contributed by atoms with van der Waals surface area (Å²) in [6.45, 7) is -0.143. The fourth-order valence-corrected chi connectivity index (χ4v) is 4.38. The smallest absolute Gasteiger partial charge is 0.364 e. The number of hydrogen-bond acceptors (Lipinski definition) is 14. The Kier molecular flexibility index (Phi) is 7.69. The Bertz CT molecular complexity index is 1010. The standard InChI is InChI=1S/C23H32N4O10/c1-26-18(15-8-9-15)24-22(36-26,20(30)33-3)13-17(29)35-11-10-27-19(14-6-5-7-14)25-23(37-27,21(31)34-4)12-16(28)32-2/h14-15H,5-13H2,1-4H3. The highest BCUT2D eigenvalue weighted by molar-refractivity contribution is 5.95. The zero-order valence-corrected chi connectivity index (χ0v) is 21.4. The molecule has 0 spiro atoms. The zero-order chi connectivity index (χ0) is 26.8. The Hall–Kier alpha value is -3.26. The van der Waals surface area contributed by atoms with Gasteiger partial charge in [0.25, 0.3) is 11.4 Å². The second-order valence-electron chi connectivity index (χ2n) is 9.33. The average Bonchev–Trinajstić information content (AvgIpc) is 3.55. The summed E-state index contributed by atoms with van der Waals surface area (Å²) in [5.41, 5.74) is -3.76. The third-order valence-corrected chi connectivity index (χ3v) is 6.69. The zero-order valence-electron chi connectivity index (χ0n) is 21.4. The number of hydroxylamine groups is 4. The van der Waals surface area contributed by atoms with Crippen molar-refractivity contribution in [3.8, 4) is 0 Å². The molecule has 2 atom stereocenters. The Morgan fingerprint density at radius 2 is 1.41 bits per heavy atom. The highest BCUT2D eigenvalue weighted by Gasteiger charge is 2.54. The SMILES string of the molecule is COC(=O)CC1(C(=O)OC)N=C(C2CCC2)N(CCOC(=O)CC2(C(=O)OC)N=C(C3CC3)N(C)O2)O1. The Morgan fingerprint density at radius 3 is 1.95 bits per heavy atom. The van der Waals surface area contributed by atoms with E-state index in [4.69, 9.17) is 28.6 Å². The molecule has 2 saturated carbocycles. The second kappa shape index (κ2) is 10.6. The van der Waals surface area contributed by atoms with E-state index in [0.29, 0.717) is 11.7 Å². The summed E-state index contributed by atoms with van der Waals surface area (Å²) in [7, 11) is 5.18. The largest absolute Gasteiger partial charge is 0.469 e. The predicted octanol–water partition coefficient (Wildman–Crippen LogP) is 0.353. The van der Waals surface area contributed by atoms with E-state index in [1.54, 1.807) is 7.05 Å². The van der Waals surface area contributed by atoms with Gasteiger partial charge in [-0.05, 0) is 25.7 Å². The van der Waals surface area contributed by atoms with Crippen molar-refractivity contribution in [3.05, 3.63) is 0 Å². The summed E-state index contributed by atoms with van der Waals surface area (Å²) in [5, 5.41) is 2.76. The van der Waals surface area contributed by atoms with Gasteiger partial charge in [0.15, 0.2) is 0 Å². The van der Waals surface area contributed by atoms with Crippen LogP contribution in [-0.4, -0.2) is 98.7 Å². The minimum atomic E-state index is -1.91. The predicted molar refractivity (Wildman–Crippen MR) is 123 cm³/mol. The normalized spacial score (nSPS) is 27.2. The molecule has 14 nitrogen and oxygen atoms in total. The fourth-order valence-electron chi connectivity index (χ4n) is 4.38. The molecule has 0 aromatic heterocycles. The Morgan fingerprint density at radius 1 is 0.838 bits per heavy atom. The molecule has 4 rings (SSSR count). The molecule has 0 aromatic rings. The number of carbonyl (C=O) groups is 4. The number of aliphatic imine (C=N–C) groups is 2. The number of rotatable bonds is 11. The van der Waals surface area contributed by atoms with Crippen LogP contribution < -0.4 is 0 Å². The quantitative estimate of drug-likeness (QED) is 0.270. The summed E-state index contributed by atoms with van der Waals surface area (Å²) in [6.07, 6.45) is 3.55. The molecular formula is C23H32N4O10. The minimum Gasteiger partial charge on any atom is -0.469 e. The summed E-state index contributed by atoms with van der Waals surface area (Å²) >= 11 is 0. The van der Waals surface area contributed by atoms with Crippen molar-refractivity contribution in [1.82, 2.24) is 10.1 Å². The molecule has 14 heteroatoms. The molecular weight excluding hydrogens is 492 g/mol. The van der Waals surface area contributed by atoms with Gasteiger partial charge < -0.3 is 18.9 Å². The third-order valence-electron chi connectivity index (χ3n) is 6.69. The van der Waals surface area contributed by atoms with Gasteiger partial charge in [-0.3, -0.25) is 9.59 Å². The van der Waals surface area contributed by atoms with Crippen molar-refractivity contribution in [2.24, 2.45) is 21.8 Å². The van der Waals surface area contributed by atoms with Gasteiger partial charge in [-0.2, -0.15) is 0 Å². The Labute approximate surface area is 213 Å². The van der Waals surface area contributed by atoms with Gasteiger partial charge in [0.1, 0.15) is 31.1 Å². The maximum absolute atomic E-state index is 12.7. The van der Waals surface area contributed by atoms with E-state index in [1.165, 1.54) is 31.5 Å². The summed E-state index contributed by atoms with van der Waals surface area (Å²) < 4.78 is 19.8. The van der Waals surface area contributed by atoms with Crippen LogP contribution >= 0.6 is 0 Å². The molecule has 4 aliphatic rings. The van der Waals surface area contributed by atoms with Crippen molar-refractivity contribution >= 4 is 35.5 Å². The molecule has 2 aliphatic heterocycles. The van der Waals surface area contributed by atoms with Gasteiger partial charge in [0, 0.05) is 18.9 Å². The maximum atomic E-state index is 12.7. The first-order chi connectivity index (χ1) is 17.7. The molecule has 0 saturated heterocycles. The van der Waals surface area contributed by atoms with Gasteiger partial charge >= 0.3 is 23.9 Å². The number of hydrogen-bond donors (Lipinski definition) is 0. The molecule has 0 bridgehead atoms.